The molecule has 188 valence electrons. The summed E-state index contributed by atoms with van der Waals surface area (Å²) >= 11 is 0. The van der Waals surface area contributed by atoms with Gasteiger partial charge in [0, 0.05) is 31.3 Å². The molecular formula is C26H30N6O4. The number of ether oxygens (including phenoxy) is 2. The monoisotopic (exact) mass is 490 g/mol. The van der Waals surface area contributed by atoms with E-state index in [0.29, 0.717) is 41.3 Å². The number of benzene rings is 1. The topological polar surface area (TPSA) is 119 Å². The van der Waals surface area contributed by atoms with Crippen LogP contribution in [-0.4, -0.2) is 65.7 Å². The van der Waals surface area contributed by atoms with Crippen LogP contribution in [0.2, 0.25) is 0 Å². The van der Waals surface area contributed by atoms with Crippen LogP contribution in [-0.2, 0) is 0 Å². The predicted molar refractivity (Wildman–Crippen MR) is 137 cm³/mol. The first-order valence-electron chi connectivity index (χ1n) is 11.5. The van der Waals surface area contributed by atoms with Gasteiger partial charge in [-0.15, -0.1) is 0 Å². The highest BCUT2D eigenvalue weighted by atomic mass is 16.5. The second-order valence-corrected chi connectivity index (χ2v) is 8.30. The van der Waals surface area contributed by atoms with Crippen molar-refractivity contribution < 1.29 is 19.1 Å². The summed E-state index contributed by atoms with van der Waals surface area (Å²) in [5.74, 6) is 2.99. The van der Waals surface area contributed by atoms with Gasteiger partial charge >= 0.3 is 0 Å². The molecule has 36 heavy (non-hydrogen) atoms. The van der Waals surface area contributed by atoms with E-state index in [1.54, 1.807) is 26.4 Å². The summed E-state index contributed by atoms with van der Waals surface area (Å²) in [7, 11) is 5.27. The number of likely N-dealkylation sites (N-methyl/N-ethyl adjacent to an activating group) is 1. The Morgan fingerprint density at radius 3 is 2.64 bits per heavy atom. The molecule has 1 unspecified atom stereocenters. The molecule has 1 atom stereocenters. The van der Waals surface area contributed by atoms with E-state index in [9.17, 15) is 5.11 Å². The highest BCUT2D eigenvalue weighted by Crippen LogP contribution is 2.33. The SMILES string of the molecule is CNCC(O)COc1cccc(-c2nc(-c3c(C)noc3C)cc(N(C)c3ccc(OC)nc3)n2)c1. The molecule has 0 spiro atoms. The van der Waals surface area contributed by atoms with Gasteiger partial charge in [0.2, 0.25) is 5.88 Å². The predicted octanol–water partition coefficient (Wildman–Crippen LogP) is 3.55. The standard InChI is InChI=1S/C26H30N6O4/c1-16-25(17(2)36-31-16)22-12-23(32(4)19-9-10-24(34-5)28-13-19)30-26(29-22)18-7-6-8-21(11-18)35-15-20(33)14-27-3/h6-13,20,27,33H,14-15H2,1-5H3. The number of aliphatic hydroxyl groups is 1. The molecule has 0 aliphatic rings. The smallest absolute Gasteiger partial charge is 0.213 e. The van der Waals surface area contributed by atoms with Crippen LogP contribution in [0, 0.1) is 13.8 Å². The fourth-order valence-electron chi connectivity index (χ4n) is 3.75. The minimum atomic E-state index is -0.615. The molecule has 2 N–H and O–H groups in total. The lowest BCUT2D eigenvalue weighted by Crippen LogP contribution is -2.29. The normalized spacial score (nSPS) is 11.8. The number of pyridine rings is 1. The summed E-state index contributed by atoms with van der Waals surface area (Å²) in [6.45, 7) is 4.36. The van der Waals surface area contributed by atoms with Crippen molar-refractivity contribution in [2.45, 2.75) is 20.0 Å². The van der Waals surface area contributed by atoms with E-state index in [1.165, 1.54) is 0 Å². The highest BCUT2D eigenvalue weighted by molar-refractivity contribution is 5.73. The van der Waals surface area contributed by atoms with E-state index in [2.05, 4.69) is 15.5 Å². The number of rotatable bonds is 10. The first kappa shape index (κ1) is 25.1. The zero-order valence-electron chi connectivity index (χ0n) is 21.0. The second-order valence-electron chi connectivity index (χ2n) is 8.30. The largest absolute Gasteiger partial charge is 0.491 e. The lowest BCUT2D eigenvalue weighted by atomic mass is 10.1. The fraction of sp³-hybridized carbons (Fsp3) is 0.308. The minimum absolute atomic E-state index is 0.169. The van der Waals surface area contributed by atoms with Crippen molar-refractivity contribution in [2.24, 2.45) is 0 Å². The number of aryl methyl sites for hydroxylation is 2. The van der Waals surface area contributed by atoms with E-state index in [1.807, 2.05) is 62.2 Å². The fourth-order valence-corrected chi connectivity index (χ4v) is 3.75. The number of nitrogens with one attached hydrogen (secondary N) is 1. The summed E-state index contributed by atoms with van der Waals surface area (Å²) in [6.07, 6.45) is 1.11. The van der Waals surface area contributed by atoms with Crippen LogP contribution < -0.4 is 19.7 Å². The van der Waals surface area contributed by atoms with Crippen molar-refractivity contribution in [3.63, 3.8) is 0 Å². The number of nitrogens with zero attached hydrogens (tertiary/aromatic N) is 5. The molecule has 0 aliphatic carbocycles. The summed E-state index contributed by atoms with van der Waals surface area (Å²) < 4.78 is 16.4. The molecule has 4 rings (SSSR count). The number of hydrogen-bond acceptors (Lipinski definition) is 10. The van der Waals surface area contributed by atoms with Crippen molar-refractivity contribution in [3.8, 4) is 34.3 Å². The van der Waals surface area contributed by atoms with Crippen molar-refractivity contribution >= 4 is 11.5 Å². The zero-order valence-corrected chi connectivity index (χ0v) is 21.0. The Labute approximate surface area is 209 Å². The van der Waals surface area contributed by atoms with Crippen LogP contribution in [0.25, 0.3) is 22.6 Å². The third-order valence-electron chi connectivity index (χ3n) is 5.64. The third kappa shape index (κ3) is 5.61. The van der Waals surface area contributed by atoms with Crippen molar-refractivity contribution in [3.05, 3.63) is 60.1 Å². The van der Waals surface area contributed by atoms with Crippen molar-refractivity contribution in [1.82, 2.24) is 25.4 Å². The van der Waals surface area contributed by atoms with Gasteiger partial charge in [-0.25, -0.2) is 15.0 Å². The number of methoxy groups -OCH3 is 1. The van der Waals surface area contributed by atoms with E-state index >= 15 is 0 Å². The molecule has 0 radical (unpaired) electrons. The molecule has 4 aromatic rings. The molecule has 0 saturated heterocycles. The number of aromatic nitrogens is 4. The van der Waals surface area contributed by atoms with Crippen LogP contribution >= 0.6 is 0 Å². The Kier molecular flexibility index (Phi) is 7.77. The Morgan fingerprint density at radius 2 is 1.97 bits per heavy atom. The minimum Gasteiger partial charge on any atom is -0.491 e. The van der Waals surface area contributed by atoms with Crippen LogP contribution in [0.5, 0.6) is 11.6 Å². The van der Waals surface area contributed by atoms with Gasteiger partial charge in [0.05, 0.1) is 35.9 Å². The second kappa shape index (κ2) is 11.1. The van der Waals surface area contributed by atoms with Crippen molar-refractivity contribution in [1.29, 1.82) is 0 Å². The van der Waals surface area contributed by atoms with E-state index in [4.69, 9.17) is 24.0 Å². The molecular weight excluding hydrogens is 460 g/mol. The van der Waals surface area contributed by atoms with Gasteiger partial charge in [-0.05, 0) is 39.1 Å². The maximum absolute atomic E-state index is 9.98. The summed E-state index contributed by atoms with van der Waals surface area (Å²) in [4.78, 5) is 15.9. The maximum Gasteiger partial charge on any atom is 0.213 e. The third-order valence-corrected chi connectivity index (χ3v) is 5.64. The van der Waals surface area contributed by atoms with Gasteiger partial charge in [-0.3, -0.25) is 0 Å². The molecule has 1 aromatic carbocycles. The highest BCUT2D eigenvalue weighted by Gasteiger charge is 2.19. The summed E-state index contributed by atoms with van der Waals surface area (Å²) in [6, 6.07) is 13.1. The average molecular weight is 491 g/mol. The Balaban J connectivity index is 1.74. The summed E-state index contributed by atoms with van der Waals surface area (Å²) in [5, 5.41) is 17.0. The maximum atomic E-state index is 9.98. The molecule has 10 nitrogen and oxygen atoms in total. The number of hydrogen-bond donors (Lipinski definition) is 2. The molecule has 3 heterocycles. The van der Waals surface area contributed by atoms with Crippen molar-refractivity contribution in [2.75, 3.05) is 39.3 Å². The van der Waals surface area contributed by atoms with Crippen LogP contribution in [0.15, 0.2) is 53.2 Å². The first-order chi connectivity index (χ1) is 17.4. The van der Waals surface area contributed by atoms with Gasteiger partial charge in [0.25, 0.3) is 0 Å². The van der Waals surface area contributed by atoms with Gasteiger partial charge in [-0.1, -0.05) is 17.3 Å². The van der Waals surface area contributed by atoms with Crippen LogP contribution in [0.4, 0.5) is 11.5 Å². The van der Waals surface area contributed by atoms with Crippen LogP contribution in [0.3, 0.4) is 0 Å². The van der Waals surface area contributed by atoms with Gasteiger partial charge in [0.1, 0.15) is 30.0 Å². The molecule has 0 aliphatic heterocycles. The Hall–Kier alpha value is -4.02. The summed E-state index contributed by atoms with van der Waals surface area (Å²) in [5.41, 5.74) is 3.86. The molecule has 10 heteroatoms. The van der Waals surface area contributed by atoms with Gasteiger partial charge in [0.15, 0.2) is 5.82 Å². The molecule has 3 aromatic heterocycles. The molecule has 0 bridgehead atoms. The van der Waals surface area contributed by atoms with Gasteiger partial charge in [-0.2, -0.15) is 0 Å². The first-order valence-corrected chi connectivity index (χ1v) is 11.5. The van der Waals surface area contributed by atoms with Gasteiger partial charge < -0.3 is 29.3 Å². The van der Waals surface area contributed by atoms with Crippen LogP contribution in [0.1, 0.15) is 11.5 Å². The number of anilines is 2. The average Bonchev–Trinajstić information content (AvgIpc) is 3.24. The molecule has 0 fully saturated rings. The lowest BCUT2D eigenvalue weighted by Gasteiger charge is -2.20. The molecule has 0 saturated carbocycles. The molecule has 0 amide bonds. The zero-order chi connectivity index (χ0) is 25.7. The quantitative estimate of drug-likeness (QED) is 0.342. The lowest BCUT2D eigenvalue weighted by molar-refractivity contribution is 0.108. The van der Waals surface area contributed by atoms with E-state index in [0.717, 1.165) is 22.5 Å². The Morgan fingerprint density at radius 1 is 1.14 bits per heavy atom. The van der Waals surface area contributed by atoms with E-state index in [-0.39, 0.29) is 6.61 Å². The Bertz CT molecular complexity index is 1290. The van der Waals surface area contributed by atoms with E-state index < -0.39 is 6.10 Å². The number of aliphatic hydroxyl groups excluding tert-OH is 1.